The molecule has 1 aliphatic heterocycles. The van der Waals surface area contributed by atoms with Gasteiger partial charge in [0.05, 0.1) is 13.2 Å². The minimum absolute atomic E-state index is 0.428. The Morgan fingerprint density at radius 1 is 1.15 bits per heavy atom. The van der Waals surface area contributed by atoms with Crippen LogP contribution in [-0.2, 0) is 4.74 Å². The summed E-state index contributed by atoms with van der Waals surface area (Å²) < 4.78 is 5.50. The van der Waals surface area contributed by atoms with E-state index in [0.717, 1.165) is 58.3 Å². The monoisotopic (exact) mass is 369 g/mol. The number of aliphatic imine (C=N–C) groups is 1. The fraction of sp³-hybridized carbons (Fsp3) is 0.950. The van der Waals surface area contributed by atoms with Gasteiger partial charge in [-0.15, -0.1) is 0 Å². The second-order valence-electron chi connectivity index (χ2n) is 7.63. The third-order valence-corrected chi connectivity index (χ3v) is 5.38. The lowest BCUT2D eigenvalue weighted by Crippen LogP contribution is -2.53. The SMILES string of the molecule is CCN(CC)CCCC(C)NC(=NC)NCC(C(C)C)N1CCOCC1. The van der Waals surface area contributed by atoms with Gasteiger partial charge in [0.25, 0.3) is 0 Å². The van der Waals surface area contributed by atoms with Crippen LogP contribution in [0.15, 0.2) is 4.99 Å². The molecule has 2 N–H and O–H groups in total. The first-order valence-corrected chi connectivity index (χ1v) is 10.5. The maximum absolute atomic E-state index is 5.50. The van der Waals surface area contributed by atoms with Gasteiger partial charge in [-0.1, -0.05) is 27.7 Å². The van der Waals surface area contributed by atoms with Gasteiger partial charge in [-0.3, -0.25) is 9.89 Å². The molecule has 0 aromatic heterocycles. The molecule has 1 rings (SSSR count). The molecule has 0 radical (unpaired) electrons. The molecule has 0 spiro atoms. The number of hydrogen-bond donors (Lipinski definition) is 2. The molecular weight excluding hydrogens is 326 g/mol. The number of nitrogens with zero attached hydrogens (tertiary/aromatic N) is 3. The predicted molar refractivity (Wildman–Crippen MR) is 112 cm³/mol. The highest BCUT2D eigenvalue weighted by molar-refractivity contribution is 5.79. The van der Waals surface area contributed by atoms with Crippen LogP contribution in [0, 0.1) is 5.92 Å². The average Bonchev–Trinajstić information content (AvgIpc) is 2.65. The van der Waals surface area contributed by atoms with E-state index < -0.39 is 0 Å². The number of nitrogens with one attached hydrogen (secondary N) is 2. The second kappa shape index (κ2) is 13.3. The summed E-state index contributed by atoms with van der Waals surface area (Å²) in [7, 11) is 1.86. The van der Waals surface area contributed by atoms with Crippen LogP contribution in [0.3, 0.4) is 0 Å². The van der Waals surface area contributed by atoms with E-state index in [-0.39, 0.29) is 0 Å². The Morgan fingerprint density at radius 3 is 2.35 bits per heavy atom. The zero-order chi connectivity index (χ0) is 19.4. The molecule has 1 heterocycles. The molecule has 0 aromatic rings. The lowest BCUT2D eigenvalue weighted by molar-refractivity contribution is 0.00751. The maximum atomic E-state index is 5.50. The second-order valence-corrected chi connectivity index (χ2v) is 7.63. The summed E-state index contributed by atoms with van der Waals surface area (Å²) in [5.41, 5.74) is 0. The third kappa shape index (κ3) is 8.69. The van der Waals surface area contributed by atoms with Crippen molar-refractivity contribution in [3.05, 3.63) is 0 Å². The van der Waals surface area contributed by atoms with E-state index in [1.807, 2.05) is 7.05 Å². The topological polar surface area (TPSA) is 52.1 Å². The fourth-order valence-electron chi connectivity index (χ4n) is 3.56. The molecule has 1 saturated heterocycles. The highest BCUT2D eigenvalue weighted by Crippen LogP contribution is 2.12. The van der Waals surface area contributed by atoms with Crippen molar-refractivity contribution in [3.8, 4) is 0 Å². The minimum Gasteiger partial charge on any atom is -0.379 e. The van der Waals surface area contributed by atoms with Crippen LogP contribution in [0.2, 0.25) is 0 Å². The van der Waals surface area contributed by atoms with Crippen molar-refractivity contribution in [2.45, 2.75) is 59.5 Å². The smallest absolute Gasteiger partial charge is 0.191 e. The molecule has 2 atom stereocenters. The van der Waals surface area contributed by atoms with Crippen LogP contribution in [0.1, 0.15) is 47.5 Å². The van der Waals surface area contributed by atoms with Crippen molar-refractivity contribution in [1.82, 2.24) is 20.4 Å². The molecule has 6 heteroatoms. The Hall–Kier alpha value is -0.850. The highest BCUT2D eigenvalue weighted by atomic mass is 16.5. The van der Waals surface area contributed by atoms with Crippen molar-refractivity contribution < 1.29 is 4.74 Å². The molecule has 0 saturated carbocycles. The lowest BCUT2D eigenvalue weighted by Gasteiger charge is -2.37. The lowest BCUT2D eigenvalue weighted by atomic mass is 10.0. The molecule has 0 aliphatic carbocycles. The Kier molecular flexibility index (Phi) is 11.9. The van der Waals surface area contributed by atoms with Crippen LogP contribution < -0.4 is 10.6 Å². The number of hydrogen-bond acceptors (Lipinski definition) is 4. The van der Waals surface area contributed by atoms with Crippen molar-refractivity contribution in [3.63, 3.8) is 0 Å². The van der Waals surface area contributed by atoms with E-state index >= 15 is 0 Å². The number of rotatable bonds is 11. The van der Waals surface area contributed by atoms with Gasteiger partial charge in [-0.25, -0.2) is 0 Å². The average molecular weight is 370 g/mol. The summed E-state index contributed by atoms with van der Waals surface area (Å²) in [4.78, 5) is 9.45. The molecule has 154 valence electrons. The zero-order valence-electron chi connectivity index (χ0n) is 18.1. The van der Waals surface area contributed by atoms with Gasteiger partial charge >= 0.3 is 0 Å². The summed E-state index contributed by atoms with van der Waals surface area (Å²) in [6, 6.07) is 0.938. The van der Waals surface area contributed by atoms with Crippen molar-refractivity contribution >= 4 is 5.96 Å². The normalized spacial score (nSPS) is 19.0. The fourth-order valence-corrected chi connectivity index (χ4v) is 3.56. The van der Waals surface area contributed by atoms with E-state index in [1.165, 1.54) is 13.0 Å². The molecule has 26 heavy (non-hydrogen) atoms. The van der Waals surface area contributed by atoms with Gasteiger partial charge in [-0.05, 0) is 45.3 Å². The predicted octanol–water partition coefficient (Wildman–Crippen LogP) is 2.02. The summed E-state index contributed by atoms with van der Waals surface area (Å²) >= 11 is 0. The van der Waals surface area contributed by atoms with Gasteiger partial charge in [0, 0.05) is 38.8 Å². The van der Waals surface area contributed by atoms with Crippen molar-refractivity contribution in [1.29, 1.82) is 0 Å². The molecule has 0 aromatic carbocycles. The van der Waals surface area contributed by atoms with Gasteiger partial charge < -0.3 is 20.3 Å². The van der Waals surface area contributed by atoms with E-state index in [2.05, 4.69) is 60.0 Å². The zero-order valence-corrected chi connectivity index (χ0v) is 18.1. The third-order valence-electron chi connectivity index (χ3n) is 5.38. The van der Waals surface area contributed by atoms with Gasteiger partial charge in [-0.2, -0.15) is 0 Å². The molecular formula is C20H43N5O. The van der Waals surface area contributed by atoms with Crippen LogP contribution in [0.25, 0.3) is 0 Å². The summed E-state index contributed by atoms with van der Waals surface area (Å²) in [5, 5.41) is 7.10. The first-order chi connectivity index (χ1) is 12.5. The Balaban J connectivity index is 2.37. The van der Waals surface area contributed by atoms with Crippen LogP contribution >= 0.6 is 0 Å². The van der Waals surface area contributed by atoms with Crippen LogP contribution in [0.4, 0.5) is 0 Å². The van der Waals surface area contributed by atoms with E-state index in [9.17, 15) is 0 Å². The summed E-state index contributed by atoms with van der Waals surface area (Å²) in [6.45, 7) is 19.4. The Bertz CT molecular complexity index is 378. The summed E-state index contributed by atoms with van der Waals surface area (Å²) in [6.07, 6.45) is 2.38. The Morgan fingerprint density at radius 2 is 1.81 bits per heavy atom. The van der Waals surface area contributed by atoms with E-state index in [0.29, 0.717) is 18.0 Å². The molecule has 0 amide bonds. The Labute approximate surface area is 161 Å². The summed E-state index contributed by atoms with van der Waals surface area (Å²) in [5.74, 6) is 1.52. The van der Waals surface area contributed by atoms with Gasteiger partial charge in [0.15, 0.2) is 5.96 Å². The molecule has 1 fully saturated rings. The van der Waals surface area contributed by atoms with E-state index in [4.69, 9.17) is 4.74 Å². The molecule has 0 bridgehead atoms. The number of guanidine groups is 1. The molecule has 1 aliphatic rings. The maximum Gasteiger partial charge on any atom is 0.191 e. The van der Waals surface area contributed by atoms with E-state index in [1.54, 1.807) is 0 Å². The van der Waals surface area contributed by atoms with Gasteiger partial charge in [0.1, 0.15) is 0 Å². The molecule has 6 nitrogen and oxygen atoms in total. The standard InChI is InChI=1S/C20H43N5O/c1-7-24(8-2)11-9-10-18(5)23-20(21-6)22-16-19(17(3)4)25-12-14-26-15-13-25/h17-19H,7-16H2,1-6H3,(H2,21,22,23). The van der Waals surface area contributed by atoms with Crippen molar-refractivity contribution in [2.75, 3.05) is 59.5 Å². The molecule has 2 unspecified atom stereocenters. The van der Waals surface area contributed by atoms with Crippen LogP contribution in [0.5, 0.6) is 0 Å². The number of ether oxygens (including phenoxy) is 1. The van der Waals surface area contributed by atoms with Crippen molar-refractivity contribution in [2.24, 2.45) is 10.9 Å². The minimum atomic E-state index is 0.428. The highest BCUT2D eigenvalue weighted by Gasteiger charge is 2.24. The first kappa shape index (κ1) is 23.2. The largest absolute Gasteiger partial charge is 0.379 e. The quantitative estimate of drug-likeness (QED) is 0.431. The first-order valence-electron chi connectivity index (χ1n) is 10.5. The van der Waals surface area contributed by atoms with Crippen LogP contribution in [-0.4, -0.2) is 87.4 Å². The van der Waals surface area contributed by atoms with Gasteiger partial charge in [0.2, 0.25) is 0 Å². The number of morpholine rings is 1.